The summed E-state index contributed by atoms with van der Waals surface area (Å²) in [6.07, 6.45) is 1.76. The van der Waals surface area contributed by atoms with Crippen LogP contribution in [0.25, 0.3) is 28.6 Å². The highest BCUT2D eigenvalue weighted by atomic mass is 32.1. The largest absolute Gasteiger partial charge is 0.383 e. The quantitative estimate of drug-likeness (QED) is 0.758. The first-order chi connectivity index (χ1) is 11.5. The number of rotatable bonds is 3. The highest BCUT2D eigenvalue weighted by molar-refractivity contribution is 7.15. The van der Waals surface area contributed by atoms with Gasteiger partial charge in [-0.25, -0.2) is 9.97 Å². The Morgan fingerprint density at radius 3 is 2.67 bits per heavy atom. The molecule has 0 fully saturated rings. The fourth-order valence-corrected chi connectivity index (χ4v) is 3.22. The Labute approximate surface area is 143 Å². The number of nitrogen functional groups attached to an aromatic ring is 2. The van der Waals surface area contributed by atoms with Crippen molar-refractivity contribution in [3.8, 4) is 28.6 Å². The Bertz CT molecular complexity index is 982. The number of hydrogen-bond donors (Lipinski definition) is 2. The zero-order valence-corrected chi connectivity index (χ0v) is 13.9. The number of aryl methyl sites for hydroxylation is 1. The van der Waals surface area contributed by atoms with Gasteiger partial charge in [0.05, 0.1) is 5.69 Å². The van der Waals surface area contributed by atoms with Crippen molar-refractivity contribution < 1.29 is 0 Å². The topological polar surface area (TPSA) is 102 Å². The van der Waals surface area contributed by atoms with Crippen LogP contribution in [0.3, 0.4) is 0 Å². The van der Waals surface area contributed by atoms with Gasteiger partial charge < -0.3 is 11.5 Å². The third-order valence-corrected chi connectivity index (χ3v) is 4.45. The van der Waals surface area contributed by atoms with E-state index in [1.165, 1.54) is 11.3 Å². The van der Waals surface area contributed by atoms with Crippen LogP contribution in [-0.4, -0.2) is 9.97 Å². The lowest BCUT2D eigenvalue weighted by Crippen LogP contribution is -2.00. The van der Waals surface area contributed by atoms with Gasteiger partial charge >= 0.3 is 0 Å². The third kappa shape index (κ3) is 2.73. The van der Waals surface area contributed by atoms with Crippen LogP contribution in [-0.2, 0) is 0 Å². The number of anilines is 2. The lowest BCUT2D eigenvalue weighted by Gasteiger charge is -2.10. The Balaban J connectivity index is 2.26. The molecule has 0 unspecified atom stereocenters. The van der Waals surface area contributed by atoms with E-state index in [0.717, 1.165) is 21.6 Å². The van der Waals surface area contributed by atoms with Crippen LogP contribution in [0.2, 0.25) is 0 Å². The lowest BCUT2D eigenvalue weighted by atomic mass is 9.98. The van der Waals surface area contributed by atoms with Gasteiger partial charge in [-0.2, -0.15) is 5.26 Å². The Kier molecular flexibility index (Phi) is 4.02. The summed E-state index contributed by atoms with van der Waals surface area (Å²) in [5.74, 6) is 0.181. The number of thiazole rings is 1. The summed E-state index contributed by atoms with van der Waals surface area (Å²) in [7, 11) is 0. The van der Waals surface area contributed by atoms with Crippen LogP contribution in [0.15, 0.2) is 36.9 Å². The first kappa shape index (κ1) is 15.7. The fraction of sp³-hybridized carbons (Fsp3) is 0.0556. The molecule has 0 spiro atoms. The molecular weight excluding hydrogens is 318 g/mol. The highest BCUT2D eigenvalue weighted by Gasteiger charge is 2.16. The summed E-state index contributed by atoms with van der Waals surface area (Å²) in [5.41, 5.74) is 16.0. The predicted molar refractivity (Wildman–Crippen MR) is 99.1 cm³/mol. The number of pyridine rings is 1. The second-order valence-corrected chi connectivity index (χ2v) is 6.45. The monoisotopic (exact) mass is 333 g/mol. The van der Waals surface area contributed by atoms with E-state index in [1.54, 1.807) is 6.08 Å². The second-order valence-electron chi connectivity index (χ2n) is 5.21. The molecule has 0 aliphatic rings. The van der Waals surface area contributed by atoms with Crippen molar-refractivity contribution >= 4 is 28.4 Å². The molecular formula is C18H15N5S. The number of hydrogen-bond acceptors (Lipinski definition) is 6. The number of nitrogens with zero attached hydrogens (tertiary/aromatic N) is 3. The molecule has 6 heteroatoms. The molecule has 0 amide bonds. The van der Waals surface area contributed by atoms with E-state index in [2.05, 4.69) is 22.6 Å². The molecule has 0 aliphatic carbocycles. The molecule has 0 aliphatic heterocycles. The molecule has 2 aromatic heterocycles. The summed E-state index contributed by atoms with van der Waals surface area (Å²) in [6.45, 7) is 5.71. The summed E-state index contributed by atoms with van der Waals surface area (Å²) >= 11 is 1.40. The minimum absolute atomic E-state index is 0.181. The molecule has 0 bridgehead atoms. The van der Waals surface area contributed by atoms with Gasteiger partial charge in [0.15, 0.2) is 5.13 Å². The third-order valence-electron chi connectivity index (χ3n) is 3.65. The number of aromatic nitrogens is 2. The number of benzene rings is 1. The summed E-state index contributed by atoms with van der Waals surface area (Å²) in [6, 6.07) is 11.7. The molecule has 3 rings (SSSR count). The van der Waals surface area contributed by atoms with Gasteiger partial charge in [-0.15, -0.1) is 11.3 Å². The van der Waals surface area contributed by atoms with Gasteiger partial charge in [-0.3, -0.25) is 0 Å². The van der Waals surface area contributed by atoms with Crippen LogP contribution in [0.5, 0.6) is 0 Å². The lowest BCUT2D eigenvalue weighted by molar-refractivity contribution is 1.26. The van der Waals surface area contributed by atoms with Gasteiger partial charge in [-0.05, 0) is 30.2 Å². The molecule has 24 heavy (non-hydrogen) atoms. The minimum Gasteiger partial charge on any atom is -0.383 e. The van der Waals surface area contributed by atoms with E-state index in [1.807, 2.05) is 37.3 Å². The molecule has 2 heterocycles. The van der Waals surface area contributed by atoms with Crippen molar-refractivity contribution in [3.63, 3.8) is 0 Å². The predicted octanol–water partition coefficient (Wildman–Crippen LogP) is 3.86. The highest BCUT2D eigenvalue weighted by Crippen LogP contribution is 2.34. The summed E-state index contributed by atoms with van der Waals surface area (Å²) in [4.78, 5) is 9.62. The molecule has 4 N–H and O–H groups in total. The zero-order valence-electron chi connectivity index (χ0n) is 13.1. The van der Waals surface area contributed by atoms with Crippen molar-refractivity contribution in [1.29, 1.82) is 5.26 Å². The van der Waals surface area contributed by atoms with Crippen molar-refractivity contribution in [2.45, 2.75) is 6.92 Å². The molecule has 0 saturated heterocycles. The van der Waals surface area contributed by atoms with Crippen molar-refractivity contribution in [2.24, 2.45) is 0 Å². The number of nitrogens with two attached hydrogens (primary N) is 2. The van der Waals surface area contributed by atoms with Crippen molar-refractivity contribution in [3.05, 3.63) is 52.9 Å². The van der Waals surface area contributed by atoms with Crippen LogP contribution in [0.1, 0.15) is 16.0 Å². The number of nitriles is 1. The van der Waals surface area contributed by atoms with E-state index < -0.39 is 0 Å². The maximum absolute atomic E-state index is 9.48. The molecule has 0 saturated carbocycles. The summed E-state index contributed by atoms with van der Waals surface area (Å²) < 4.78 is 0. The molecule has 118 valence electrons. The van der Waals surface area contributed by atoms with Gasteiger partial charge in [-0.1, -0.05) is 30.9 Å². The van der Waals surface area contributed by atoms with Crippen LogP contribution >= 0.6 is 11.3 Å². The molecule has 0 atom stereocenters. The molecule has 3 aromatic rings. The van der Waals surface area contributed by atoms with Crippen LogP contribution in [0, 0.1) is 18.3 Å². The smallest absolute Gasteiger partial charge is 0.180 e. The standard InChI is InChI=1S/C18H15N5S/c1-3-11-5-4-6-12(7-11)13-8-15(22-17(20)14(13)9-19)16-10(2)24-18(21)23-16/h3-8H,1H2,2H3,(H2,20,22)(H2,21,23). The van der Waals surface area contributed by atoms with Gasteiger partial charge in [0.2, 0.25) is 0 Å². The normalized spacial score (nSPS) is 10.3. The molecule has 0 radical (unpaired) electrons. The zero-order chi connectivity index (χ0) is 17.3. The average molecular weight is 333 g/mol. The van der Waals surface area contributed by atoms with E-state index >= 15 is 0 Å². The van der Waals surface area contributed by atoms with Crippen LogP contribution in [0.4, 0.5) is 10.9 Å². The van der Waals surface area contributed by atoms with E-state index in [0.29, 0.717) is 22.1 Å². The van der Waals surface area contributed by atoms with Crippen molar-refractivity contribution in [1.82, 2.24) is 9.97 Å². The molecule has 5 nitrogen and oxygen atoms in total. The maximum atomic E-state index is 9.48. The fourth-order valence-electron chi connectivity index (χ4n) is 2.52. The molecule has 1 aromatic carbocycles. The van der Waals surface area contributed by atoms with E-state index in [9.17, 15) is 5.26 Å². The maximum Gasteiger partial charge on any atom is 0.180 e. The van der Waals surface area contributed by atoms with E-state index in [-0.39, 0.29) is 5.82 Å². The first-order valence-electron chi connectivity index (χ1n) is 7.20. The second kappa shape index (κ2) is 6.14. The average Bonchev–Trinajstić information content (AvgIpc) is 2.92. The Hall–Kier alpha value is -3.17. The van der Waals surface area contributed by atoms with E-state index in [4.69, 9.17) is 11.5 Å². The minimum atomic E-state index is 0.181. The van der Waals surface area contributed by atoms with Crippen LogP contribution < -0.4 is 11.5 Å². The Morgan fingerprint density at radius 2 is 2.04 bits per heavy atom. The van der Waals surface area contributed by atoms with Crippen molar-refractivity contribution in [2.75, 3.05) is 11.5 Å². The Morgan fingerprint density at radius 1 is 1.25 bits per heavy atom. The summed E-state index contributed by atoms with van der Waals surface area (Å²) in [5, 5.41) is 9.96. The first-order valence-corrected chi connectivity index (χ1v) is 8.02. The van der Waals surface area contributed by atoms with Gasteiger partial charge in [0, 0.05) is 10.4 Å². The SMILES string of the molecule is C=Cc1cccc(-c2cc(-c3nc(N)sc3C)nc(N)c2C#N)c1. The van der Waals surface area contributed by atoms with Gasteiger partial charge in [0.1, 0.15) is 23.1 Å². The van der Waals surface area contributed by atoms with Gasteiger partial charge in [0.25, 0.3) is 0 Å².